The topological polar surface area (TPSA) is 53.9 Å². The van der Waals surface area contributed by atoms with Gasteiger partial charge in [0, 0.05) is 37.2 Å². The van der Waals surface area contributed by atoms with E-state index in [0.29, 0.717) is 11.2 Å². The minimum atomic E-state index is 0.556. The van der Waals surface area contributed by atoms with E-state index >= 15 is 0 Å². The van der Waals surface area contributed by atoms with Crippen molar-refractivity contribution in [2.24, 2.45) is 5.41 Å². The predicted molar refractivity (Wildman–Crippen MR) is 89.7 cm³/mol. The van der Waals surface area contributed by atoms with E-state index in [-0.39, 0.29) is 0 Å². The number of pyridine rings is 1. The van der Waals surface area contributed by atoms with Gasteiger partial charge >= 0.3 is 0 Å². The lowest BCUT2D eigenvalue weighted by Crippen LogP contribution is -2.38. The maximum atomic E-state index is 4.48. The molecule has 2 aliphatic heterocycles. The molecule has 2 aromatic heterocycles. The summed E-state index contributed by atoms with van der Waals surface area (Å²) in [6.45, 7) is 5.72. The van der Waals surface area contributed by atoms with Crippen molar-refractivity contribution in [1.82, 2.24) is 25.2 Å². The van der Waals surface area contributed by atoms with Crippen molar-refractivity contribution in [3.05, 3.63) is 42.4 Å². The van der Waals surface area contributed by atoms with Crippen LogP contribution in [0.2, 0.25) is 0 Å². The van der Waals surface area contributed by atoms with Crippen molar-refractivity contribution < 1.29 is 0 Å². The fourth-order valence-electron chi connectivity index (χ4n) is 3.85. The molecule has 0 radical (unpaired) electrons. The van der Waals surface area contributed by atoms with E-state index in [0.717, 1.165) is 12.2 Å². The zero-order valence-electron chi connectivity index (χ0n) is 13.4. The third-order valence-corrected chi connectivity index (χ3v) is 5.19. The number of hydrogen-bond donors (Lipinski definition) is 1. The van der Waals surface area contributed by atoms with Crippen LogP contribution in [0.1, 0.15) is 24.8 Å². The fourth-order valence-corrected chi connectivity index (χ4v) is 3.85. The van der Waals surface area contributed by atoms with Crippen LogP contribution in [0.3, 0.4) is 0 Å². The molecule has 1 N–H and O–H groups in total. The van der Waals surface area contributed by atoms with Crippen LogP contribution in [0.15, 0.2) is 36.8 Å². The van der Waals surface area contributed by atoms with Crippen molar-refractivity contribution in [2.75, 3.05) is 26.2 Å². The molecule has 1 spiro atoms. The SMILES string of the molecule is c1ccc(-c2ncc(CN3CCC4(CCNCC4)C3)cn2)nc1. The third kappa shape index (κ3) is 3.26. The molecule has 4 rings (SSSR count). The average molecular weight is 309 g/mol. The molecule has 2 fully saturated rings. The van der Waals surface area contributed by atoms with Gasteiger partial charge in [0.25, 0.3) is 0 Å². The Morgan fingerprint density at radius 2 is 1.87 bits per heavy atom. The molecular weight excluding hydrogens is 286 g/mol. The van der Waals surface area contributed by atoms with Crippen molar-refractivity contribution in [3.63, 3.8) is 0 Å². The van der Waals surface area contributed by atoms with Gasteiger partial charge in [-0.25, -0.2) is 9.97 Å². The summed E-state index contributed by atoms with van der Waals surface area (Å²) in [7, 11) is 0. The van der Waals surface area contributed by atoms with Crippen LogP contribution in [-0.2, 0) is 6.54 Å². The predicted octanol–water partition coefficient (Wildman–Crippen LogP) is 2.11. The smallest absolute Gasteiger partial charge is 0.178 e. The first-order valence-electron chi connectivity index (χ1n) is 8.48. The van der Waals surface area contributed by atoms with Gasteiger partial charge in [-0.3, -0.25) is 9.88 Å². The first kappa shape index (κ1) is 14.7. The van der Waals surface area contributed by atoms with E-state index in [1.807, 2.05) is 30.6 Å². The molecule has 2 aromatic rings. The number of nitrogens with one attached hydrogen (secondary N) is 1. The maximum absolute atomic E-state index is 4.48. The van der Waals surface area contributed by atoms with Gasteiger partial charge in [0.1, 0.15) is 5.69 Å². The third-order valence-electron chi connectivity index (χ3n) is 5.19. The summed E-state index contributed by atoms with van der Waals surface area (Å²) in [6, 6.07) is 5.81. The lowest BCUT2D eigenvalue weighted by Gasteiger charge is -2.33. The van der Waals surface area contributed by atoms with Gasteiger partial charge < -0.3 is 5.32 Å². The minimum absolute atomic E-state index is 0.556. The second-order valence-corrected chi connectivity index (χ2v) is 6.84. The van der Waals surface area contributed by atoms with Crippen LogP contribution in [0.5, 0.6) is 0 Å². The number of rotatable bonds is 3. The van der Waals surface area contributed by atoms with Gasteiger partial charge in [0.05, 0.1) is 0 Å². The Hall–Kier alpha value is -1.85. The highest BCUT2D eigenvalue weighted by molar-refractivity contribution is 5.47. The zero-order valence-corrected chi connectivity index (χ0v) is 13.4. The van der Waals surface area contributed by atoms with Crippen LogP contribution in [0.25, 0.3) is 11.5 Å². The van der Waals surface area contributed by atoms with E-state index in [9.17, 15) is 0 Å². The summed E-state index contributed by atoms with van der Waals surface area (Å²) in [5.74, 6) is 0.700. The minimum Gasteiger partial charge on any atom is -0.317 e. The second kappa shape index (κ2) is 6.34. The molecule has 0 saturated carbocycles. The summed E-state index contributed by atoms with van der Waals surface area (Å²) in [6.07, 6.45) is 9.64. The largest absolute Gasteiger partial charge is 0.317 e. The highest BCUT2D eigenvalue weighted by Gasteiger charge is 2.38. The van der Waals surface area contributed by atoms with Gasteiger partial charge in [0.15, 0.2) is 5.82 Å². The number of likely N-dealkylation sites (tertiary alicyclic amines) is 1. The Morgan fingerprint density at radius 3 is 2.61 bits per heavy atom. The zero-order chi connectivity index (χ0) is 15.5. The Morgan fingerprint density at radius 1 is 1.04 bits per heavy atom. The molecule has 120 valence electrons. The molecule has 0 amide bonds. The molecule has 0 unspecified atom stereocenters. The van der Waals surface area contributed by atoms with E-state index in [1.165, 1.54) is 51.0 Å². The normalized spacial score (nSPS) is 20.9. The summed E-state index contributed by atoms with van der Waals surface area (Å²) in [5.41, 5.74) is 2.57. The van der Waals surface area contributed by atoms with Crippen LogP contribution in [0, 0.1) is 5.41 Å². The van der Waals surface area contributed by atoms with Gasteiger partial charge in [-0.05, 0) is 56.4 Å². The van der Waals surface area contributed by atoms with Crippen LogP contribution in [0.4, 0.5) is 0 Å². The van der Waals surface area contributed by atoms with E-state index < -0.39 is 0 Å². The van der Waals surface area contributed by atoms with E-state index in [4.69, 9.17) is 0 Å². The molecule has 5 nitrogen and oxygen atoms in total. The number of piperidine rings is 1. The van der Waals surface area contributed by atoms with Gasteiger partial charge in [-0.1, -0.05) is 6.07 Å². The molecule has 5 heteroatoms. The summed E-state index contributed by atoms with van der Waals surface area (Å²) in [4.78, 5) is 15.8. The number of hydrogen-bond acceptors (Lipinski definition) is 5. The second-order valence-electron chi connectivity index (χ2n) is 6.84. The summed E-state index contributed by atoms with van der Waals surface area (Å²) in [5, 5.41) is 3.48. The molecule has 2 aliphatic rings. The van der Waals surface area contributed by atoms with Crippen LogP contribution < -0.4 is 5.32 Å². The first-order valence-corrected chi connectivity index (χ1v) is 8.48. The fraction of sp³-hybridized carbons (Fsp3) is 0.500. The standard InChI is InChI=1S/C18H23N5/c1-2-7-20-16(3-1)17-21-11-15(12-22-17)13-23-10-6-18(14-23)4-8-19-9-5-18/h1-3,7,11-12,19H,4-6,8-10,13-14H2. The number of nitrogens with zero attached hydrogens (tertiary/aromatic N) is 4. The molecule has 0 atom stereocenters. The lowest BCUT2D eigenvalue weighted by atomic mass is 9.78. The molecule has 0 bridgehead atoms. The van der Waals surface area contributed by atoms with Crippen molar-refractivity contribution >= 4 is 0 Å². The molecule has 4 heterocycles. The average Bonchev–Trinajstić information content (AvgIpc) is 2.99. The summed E-state index contributed by atoms with van der Waals surface area (Å²) >= 11 is 0. The highest BCUT2D eigenvalue weighted by atomic mass is 15.2. The van der Waals surface area contributed by atoms with E-state index in [2.05, 4.69) is 25.2 Å². The van der Waals surface area contributed by atoms with Gasteiger partial charge in [-0.15, -0.1) is 0 Å². The van der Waals surface area contributed by atoms with Crippen molar-refractivity contribution in [3.8, 4) is 11.5 Å². The van der Waals surface area contributed by atoms with Gasteiger partial charge in [0.2, 0.25) is 0 Å². The molecule has 0 aliphatic carbocycles. The number of aromatic nitrogens is 3. The lowest BCUT2D eigenvalue weighted by molar-refractivity contribution is 0.194. The van der Waals surface area contributed by atoms with Crippen molar-refractivity contribution in [1.29, 1.82) is 0 Å². The molecule has 2 saturated heterocycles. The van der Waals surface area contributed by atoms with Gasteiger partial charge in [-0.2, -0.15) is 0 Å². The van der Waals surface area contributed by atoms with E-state index in [1.54, 1.807) is 6.20 Å². The first-order chi connectivity index (χ1) is 11.3. The highest BCUT2D eigenvalue weighted by Crippen LogP contribution is 2.38. The Bertz CT molecular complexity index is 634. The van der Waals surface area contributed by atoms with Crippen molar-refractivity contribution in [2.45, 2.75) is 25.8 Å². The van der Waals surface area contributed by atoms with Crippen LogP contribution in [-0.4, -0.2) is 46.0 Å². The molecular formula is C18H23N5. The van der Waals surface area contributed by atoms with Crippen LogP contribution >= 0.6 is 0 Å². The molecule has 23 heavy (non-hydrogen) atoms. The Kier molecular flexibility index (Phi) is 4.06. The summed E-state index contributed by atoms with van der Waals surface area (Å²) < 4.78 is 0. The monoisotopic (exact) mass is 309 g/mol. The Labute approximate surface area is 137 Å². The maximum Gasteiger partial charge on any atom is 0.178 e. The Balaban J connectivity index is 1.40. The quantitative estimate of drug-likeness (QED) is 0.941. The molecule has 0 aromatic carbocycles.